The lowest BCUT2D eigenvalue weighted by Crippen LogP contribution is -2.31. The van der Waals surface area contributed by atoms with Gasteiger partial charge in [0.1, 0.15) is 5.82 Å². The highest BCUT2D eigenvalue weighted by atomic mass is 35.5. The molecule has 1 atom stereocenters. The van der Waals surface area contributed by atoms with Gasteiger partial charge in [0.05, 0.1) is 12.3 Å². The Hall–Kier alpha value is -2.73. The van der Waals surface area contributed by atoms with Crippen molar-refractivity contribution in [3.63, 3.8) is 0 Å². The summed E-state index contributed by atoms with van der Waals surface area (Å²) in [6.45, 7) is 2.05. The Balaban J connectivity index is 1.29. The first kappa shape index (κ1) is 23.4. The van der Waals surface area contributed by atoms with E-state index in [1.807, 2.05) is 24.3 Å². The standard InChI is InChI=1S/C27H28ClFN2O2/c28-23-11-8-21(9-12-23)22-10-13-26(25(29)16-22)30-27(33)14-7-19-3-5-20(6-4-19)17-31-15-1-2-24(31)18-32/h3-6,8-13,16,24,32H,1-2,7,14-15,17-18H2,(H,30,33)/t24-/m1/s1. The molecule has 1 fully saturated rings. The molecular weight excluding hydrogens is 439 g/mol. The molecule has 3 aromatic carbocycles. The van der Waals surface area contributed by atoms with Gasteiger partial charge in [-0.05, 0) is 72.3 Å². The van der Waals surface area contributed by atoms with Crippen molar-refractivity contribution < 1.29 is 14.3 Å². The van der Waals surface area contributed by atoms with Gasteiger partial charge in [-0.25, -0.2) is 4.39 Å². The number of aryl methyl sites for hydroxylation is 1. The van der Waals surface area contributed by atoms with Gasteiger partial charge in [0.15, 0.2) is 0 Å². The number of halogens is 2. The predicted molar refractivity (Wildman–Crippen MR) is 131 cm³/mol. The van der Waals surface area contributed by atoms with Gasteiger partial charge in [-0.15, -0.1) is 0 Å². The molecular formula is C27H28ClFN2O2. The van der Waals surface area contributed by atoms with Crippen LogP contribution in [0.3, 0.4) is 0 Å². The zero-order chi connectivity index (χ0) is 23.2. The highest BCUT2D eigenvalue weighted by molar-refractivity contribution is 6.30. The number of nitrogens with zero attached hydrogens (tertiary/aromatic N) is 1. The molecule has 0 aliphatic carbocycles. The Morgan fingerprint density at radius 3 is 2.42 bits per heavy atom. The Labute approximate surface area is 199 Å². The van der Waals surface area contributed by atoms with E-state index in [-0.39, 0.29) is 30.7 Å². The van der Waals surface area contributed by atoms with E-state index in [1.54, 1.807) is 24.3 Å². The van der Waals surface area contributed by atoms with Crippen molar-refractivity contribution in [1.29, 1.82) is 0 Å². The summed E-state index contributed by atoms with van der Waals surface area (Å²) in [6, 6.07) is 20.4. The van der Waals surface area contributed by atoms with Crippen LogP contribution in [0.2, 0.25) is 5.02 Å². The quantitative estimate of drug-likeness (QED) is 0.449. The molecule has 3 aromatic rings. The normalized spacial score (nSPS) is 16.2. The average Bonchev–Trinajstić information content (AvgIpc) is 3.27. The highest BCUT2D eigenvalue weighted by Gasteiger charge is 2.23. The Morgan fingerprint density at radius 1 is 1.03 bits per heavy atom. The second kappa shape index (κ2) is 10.9. The van der Waals surface area contributed by atoms with Crippen molar-refractivity contribution in [2.45, 2.75) is 38.3 Å². The lowest BCUT2D eigenvalue weighted by molar-refractivity contribution is -0.116. The number of hydrogen-bond donors (Lipinski definition) is 2. The Bertz CT molecular complexity index is 1090. The number of aliphatic hydroxyl groups excluding tert-OH is 1. The first-order valence-electron chi connectivity index (χ1n) is 11.3. The fourth-order valence-corrected chi connectivity index (χ4v) is 4.39. The van der Waals surface area contributed by atoms with Crippen LogP contribution >= 0.6 is 11.6 Å². The minimum Gasteiger partial charge on any atom is -0.395 e. The maximum absolute atomic E-state index is 14.5. The molecule has 0 saturated carbocycles. The van der Waals surface area contributed by atoms with Crippen LogP contribution in [0.5, 0.6) is 0 Å². The lowest BCUT2D eigenvalue weighted by atomic mass is 10.0. The first-order valence-corrected chi connectivity index (χ1v) is 11.7. The summed E-state index contributed by atoms with van der Waals surface area (Å²) in [5, 5.41) is 12.8. The van der Waals surface area contributed by atoms with Crippen LogP contribution in [0, 0.1) is 5.82 Å². The lowest BCUT2D eigenvalue weighted by Gasteiger charge is -2.22. The van der Waals surface area contributed by atoms with Crippen LogP contribution in [-0.4, -0.2) is 35.1 Å². The molecule has 4 nitrogen and oxygen atoms in total. The van der Waals surface area contributed by atoms with Gasteiger partial charge in [-0.3, -0.25) is 9.69 Å². The summed E-state index contributed by atoms with van der Waals surface area (Å²) in [4.78, 5) is 14.7. The fourth-order valence-electron chi connectivity index (χ4n) is 4.26. The van der Waals surface area contributed by atoms with Gasteiger partial charge in [0.2, 0.25) is 5.91 Å². The zero-order valence-electron chi connectivity index (χ0n) is 18.4. The van der Waals surface area contributed by atoms with Crippen molar-refractivity contribution in [3.05, 3.63) is 88.7 Å². The van der Waals surface area contributed by atoms with E-state index in [4.69, 9.17) is 11.6 Å². The minimum atomic E-state index is -0.469. The van der Waals surface area contributed by atoms with Gasteiger partial charge < -0.3 is 10.4 Å². The van der Waals surface area contributed by atoms with E-state index in [0.717, 1.165) is 42.6 Å². The summed E-state index contributed by atoms with van der Waals surface area (Å²) in [6.07, 6.45) is 3.03. The van der Waals surface area contributed by atoms with Crippen molar-refractivity contribution in [1.82, 2.24) is 4.90 Å². The fraction of sp³-hybridized carbons (Fsp3) is 0.296. The minimum absolute atomic E-state index is 0.178. The van der Waals surface area contributed by atoms with Crippen LogP contribution in [-0.2, 0) is 17.8 Å². The van der Waals surface area contributed by atoms with Crippen LogP contribution in [0.25, 0.3) is 11.1 Å². The van der Waals surface area contributed by atoms with Crippen LogP contribution in [0.4, 0.5) is 10.1 Å². The van der Waals surface area contributed by atoms with E-state index < -0.39 is 5.82 Å². The molecule has 1 saturated heterocycles. The van der Waals surface area contributed by atoms with E-state index in [2.05, 4.69) is 22.3 Å². The summed E-state index contributed by atoms with van der Waals surface area (Å²) in [5.41, 5.74) is 4.02. The molecule has 0 spiro atoms. The molecule has 1 aliphatic rings. The second-order valence-electron chi connectivity index (χ2n) is 8.52. The first-order chi connectivity index (χ1) is 16.0. The van der Waals surface area contributed by atoms with Crippen molar-refractivity contribution in [2.24, 2.45) is 0 Å². The summed E-state index contributed by atoms with van der Waals surface area (Å²) >= 11 is 5.91. The molecule has 1 aliphatic heterocycles. The molecule has 172 valence electrons. The number of carbonyl (C=O) groups is 1. The summed E-state index contributed by atoms with van der Waals surface area (Å²) in [7, 11) is 0. The number of anilines is 1. The van der Waals surface area contributed by atoms with Crippen molar-refractivity contribution in [2.75, 3.05) is 18.5 Å². The third-order valence-electron chi connectivity index (χ3n) is 6.18. The highest BCUT2D eigenvalue weighted by Crippen LogP contribution is 2.26. The van der Waals surface area contributed by atoms with Crippen molar-refractivity contribution >= 4 is 23.2 Å². The maximum Gasteiger partial charge on any atom is 0.224 e. The smallest absolute Gasteiger partial charge is 0.224 e. The van der Waals surface area contributed by atoms with Crippen molar-refractivity contribution in [3.8, 4) is 11.1 Å². The van der Waals surface area contributed by atoms with E-state index in [9.17, 15) is 14.3 Å². The Kier molecular flexibility index (Phi) is 7.76. The topological polar surface area (TPSA) is 52.6 Å². The average molecular weight is 467 g/mol. The predicted octanol–water partition coefficient (Wildman–Crippen LogP) is 5.67. The third-order valence-corrected chi connectivity index (χ3v) is 6.43. The monoisotopic (exact) mass is 466 g/mol. The van der Waals surface area contributed by atoms with Gasteiger partial charge in [0.25, 0.3) is 0 Å². The molecule has 0 unspecified atom stereocenters. The molecule has 0 aromatic heterocycles. The molecule has 2 N–H and O–H groups in total. The summed E-state index contributed by atoms with van der Waals surface area (Å²) < 4.78 is 14.5. The number of likely N-dealkylation sites (tertiary alicyclic amines) is 1. The SMILES string of the molecule is O=C(CCc1ccc(CN2CCC[C@@H]2CO)cc1)Nc1ccc(-c2ccc(Cl)cc2)cc1F. The number of rotatable bonds is 8. The van der Waals surface area contributed by atoms with E-state index in [1.165, 1.54) is 11.6 Å². The number of carbonyl (C=O) groups excluding carboxylic acids is 1. The number of amides is 1. The van der Waals surface area contributed by atoms with Gasteiger partial charge in [-0.1, -0.05) is 54.1 Å². The Morgan fingerprint density at radius 2 is 1.73 bits per heavy atom. The molecule has 0 bridgehead atoms. The molecule has 1 heterocycles. The van der Waals surface area contributed by atoms with E-state index >= 15 is 0 Å². The van der Waals surface area contributed by atoms with Gasteiger partial charge in [-0.2, -0.15) is 0 Å². The van der Waals surface area contributed by atoms with Gasteiger partial charge in [0, 0.05) is 24.0 Å². The molecule has 4 rings (SSSR count). The summed E-state index contributed by atoms with van der Waals surface area (Å²) in [5.74, 6) is -0.691. The molecule has 0 radical (unpaired) electrons. The largest absolute Gasteiger partial charge is 0.395 e. The zero-order valence-corrected chi connectivity index (χ0v) is 19.2. The third kappa shape index (κ3) is 6.20. The number of benzene rings is 3. The second-order valence-corrected chi connectivity index (χ2v) is 8.95. The number of nitrogens with one attached hydrogen (secondary N) is 1. The van der Waals surface area contributed by atoms with Crippen LogP contribution in [0.1, 0.15) is 30.4 Å². The van der Waals surface area contributed by atoms with Gasteiger partial charge >= 0.3 is 0 Å². The molecule has 6 heteroatoms. The molecule has 33 heavy (non-hydrogen) atoms. The number of hydrogen-bond acceptors (Lipinski definition) is 3. The number of aliphatic hydroxyl groups is 1. The van der Waals surface area contributed by atoms with Crippen LogP contribution in [0.15, 0.2) is 66.7 Å². The maximum atomic E-state index is 14.5. The molecule has 1 amide bonds. The van der Waals surface area contributed by atoms with Crippen LogP contribution < -0.4 is 5.32 Å². The van der Waals surface area contributed by atoms with E-state index in [0.29, 0.717) is 11.4 Å².